The lowest BCUT2D eigenvalue weighted by Gasteiger charge is -2.08. The molecule has 0 fully saturated rings. The van der Waals surface area contributed by atoms with Gasteiger partial charge in [-0.2, -0.15) is 5.26 Å². The second-order valence-electron chi connectivity index (χ2n) is 3.62. The molecule has 0 saturated carbocycles. The fourth-order valence-corrected chi connectivity index (χ4v) is 1.42. The highest BCUT2D eigenvalue weighted by Crippen LogP contribution is 2.18. The number of carbonyl (C=O) groups is 1. The van der Waals surface area contributed by atoms with Crippen molar-refractivity contribution >= 4 is 5.97 Å². The van der Waals surface area contributed by atoms with E-state index in [2.05, 4.69) is 0 Å². The van der Waals surface area contributed by atoms with E-state index in [4.69, 9.17) is 14.7 Å². The van der Waals surface area contributed by atoms with E-state index < -0.39 is 0 Å². The van der Waals surface area contributed by atoms with Crippen molar-refractivity contribution in [1.82, 2.24) is 0 Å². The van der Waals surface area contributed by atoms with E-state index in [1.807, 2.05) is 31.2 Å². The molecule has 0 bridgehead atoms. The van der Waals surface area contributed by atoms with Crippen LogP contribution in [-0.2, 0) is 16.1 Å². The highest BCUT2D eigenvalue weighted by atomic mass is 16.5. The molecule has 0 N–H and O–H groups in total. The van der Waals surface area contributed by atoms with Crippen LogP contribution in [-0.4, -0.2) is 13.1 Å². The van der Waals surface area contributed by atoms with E-state index >= 15 is 0 Å². The molecular formula is C13H15NO3. The molecule has 0 atom stereocenters. The quantitative estimate of drug-likeness (QED) is 0.732. The van der Waals surface area contributed by atoms with Crippen LogP contribution in [0.15, 0.2) is 18.2 Å². The molecule has 0 aromatic heterocycles. The fourth-order valence-electron chi connectivity index (χ4n) is 1.42. The molecule has 0 heterocycles. The summed E-state index contributed by atoms with van der Waals surface area (Å²) in [5.41, 5.74) is 1.91. The Hall–Kier alpha value is -2.02. The SMILES string of the molecule is COc1ccc(COC(=O)CCC#N)cc1C. The zero-order valence-electron chi connectivity index (χ0n) is 10.0. The molecule has 0 unspecified atom stereocenters. The summed E-state index contributed by atoms with van der Waals surface area (Å²) in [6.45, 7) is 2.16. The number of nitriles is 1. The minimum absolute atomic E-state index is 0.144. The van der Waals surface area contributed by atoms with Crippen LogP contribution < -0.4 is 4.74 Å². The van der Waals surface area contributed by atoms with Crippen LogP contribution in [0.3, 0.4) is 0 Å². The standard InChI is InChI=1S/C13H15NO3/c1-10-8-11(5-6-12(10)16-2)9-17-13(15)4-3-7-14/h5-6,8H,3-4,9H2,1-2H3. The van der Waals surface area contributed by atoms with Gasteiger partial charge in [0.05, 0.1) is 19.6 Å². The number of methoxy groups -OCH3 is 1. The number of ether oxygens (including phenoxy) is 2. The van der Waals surface area contributed by atoms with E-state index in [0.717, 1.165) is 16.9 Å². The predicted molar refractivity (Wildman–Crippen MR) is 62.4 cm³/mol. The number of aryl methyl sites for hydroxylation is 1. The van der Waals surface area contributed by atoms with E-state index in [9.17, 15) is 4.79 Å². The maximum absolute atomic E-state index is 11.2. The first-order valence-electron chi connectivity index (χ1n) is 5.33. The number of carbonyl (C=O) groups excluding carboxylic acids is 1. The first kappa shape index (κ1) is 13.0. The van der Waals surface area contributed by atoms with Crippen molar-refractivity contribution < 1.29 is 14.3 Å². The zero-order chi connectivity index (χ0) is 12.7. The summed E-state index contributed by atoms with van der Waals surface area (Å²) in [4.78, 5) is 11.2. The van der Waals surface area contributed by atoms with Crippen molar-refractivity contribution in [2.24, 2.45) is 0 Å². The van der Waals surface area contributed by atoms with Gasteiger partial charge in [0.1, 0.15) is 12.4 Å². The predicted octanol–water partition coefficient (Wildman–Crippen LogP) is 2.35. The van der Waals surface area contributed by atoms with Gasteiger partial charge in [0.25, 0.3) is 0 Å². The summed E-state index contributed by atoms with van der Waals surface area (Å²) in [6, 6.07) is 7.51. The molecule has 0 aliphatic carbocycles. The number of rotatable bonds is 5. The molecule has 1 aromatic rings. The monoisotopic (exact) mass is 233 g/mol. The van der Waals surface area contributed by atoms with Crippen LogP contribution in [0.4, 0.5) is 0 Å². The second kappa shape index (κ2) is 6.54. The average molecular weight is 233 g/mol. The van der Waals surface area contributed by atoms with Crippen LogP contribution in [0.25, 0.3) is 0 Å². The van der Waals surface area contributed by atoms with Crippen LogP contribution >= 0.6 is 0 Å². The highest BCUT2D eigenvalue weighted by Gasteiger charge is 2.04. The molecule has 0 aliphatic heterocycles. The summed E-state index contributed by atoms with van der Waals surface area (Å²) in [7, 11) is 1.62. The third-order valence-electron chi connectivity index (χ3n) is 2.30. The van der Waals surface area contributed by atoms with Crippen molar-refractivity contribution in [1.29, 1.82) is 5.26 Å². The van der Waals surface area contributed by atoms with E-state index in [0.29, 0.717) is 0 Å². The third-order valence-corrected chi connectivity index (χ3v) is 2.30. The van der Waals surface area contributed by atoms with Crippen molar-refractivity contribution in [2.75, 3.05) is 7.11 Å². The first-order chi connectivity index (χ1) is 8.17. The Morgan fingerprint density at radius 2 is 2.24 bits per heavy atom. The molecule has 4 heteroatoms. The molecule has 17 heavy (non-hydrogen) atoms. The lowest BCUT2D eigenvalue weighted by molar-refractivity contribution is -0.144. The number of hydrogen-bond donors (Lipinski definition) is 0. The van der Waals surface area contributed by atoms with Gasteiger partial charge >= 0.3 is 5.97 Å². The Morgan fingerprint density at radius 3 is 2.82 bits per heavy atom. The van der Waals surface area contributed by atoms with Crippen molar-refractivity contribution in [2.45, 2.75) is 26.4 Å². The second-order valence-corrected chi connectivity index (χ2v) is 3.62. The molecule has 1 aromatic carbocycles. The molecule has 0 saturated heterocycles. The van der Waals surface area contributed by atoms with Crippen LogP contribution in [0, 0.1) is 18.3 Å². The van der Waals surface area contributed by atoms with Gasteiger partial charge in [0.2, 0.25) is 0 Å². The Bertz CT molecular complexity index is 435. The zero-order valence-corrected chi connectivity index (χ0v) is 10.0. The maximum atomic E-state index is 11.2. The Morgan fingerprint density at radius 1 is 1.47 bits per heavy atom. The van der Waals surface area contributed by atoms with E-state index in [1.54, 1.807) is 7.11 Å². The Labute approximate surface area is 101 Å². The van der Waals surface area contributed by atoms with E-state index in [-0.39, 0.29) is 25.4 Å². The van der Waals surface area contributed by atoms with Crippen molar-refractivity contribution in [3.05, 3.63) is 29.3 Å². The van der Waals surface area contributed by atoms with Crippen molar-refractivity contribution in [3.8, 4) is 11.8 Å². The van der Waals surface area contributed by atoms with Gasteiger partial charge in [-0.05, 0) is 30.2 Å². The Balaban J connectivity index is 2.50. The normalized spacial score (nSPS) is 9.47. The lowest BCUT2D eigenvalue weighted by atomic mass is 10.1. The number of benzene rings is 1. The van der Waals surface area contributed by atoms with Crippen LogP contribution in [0.2, 0.25) is 0 Å². The van der Waals surface area contributed by atoms with Gasteiger partial charge in [0, 0.05) is 6.42 Å². The summed E-state index contributed by atoms with van der Waals surface area (Å²) < 4.78 is 10.2. The smallest absolute Gasteiger partial charge is 0.307 e. The average Bonchev–Trinajstić information content (AvgIpc) is 2.34. The number of esters is 1. The van der Waals surface area contributed by atoms with Gasteiger partial charge in [-0.15, -0.1) is 0 Å². The molecule has 0 spiro atoms. The summed E-state index contributed by atoms with van der Waals surface area (Å²) in [6.07, 6.45) is 0.339. The molecule has 1 rings (SSSR count). The third kappa shape index (κ3) is 4.15. The van der Waals surface area contributed by atoms with Gasteiger partial charge in [0.15, 0.2) is 0 Å². The molecule has 90 valence electrons. The lowest BCUT2D eigenvalue weighted by Crippen LogP contribution is -2.04. The summed E-state index contributed by atoms with van der Waals surface area (Å²) >= 11 is 0. The summed E-state index contributed by atoms with van der Waals surface area (Å²) in [5.74, 6) is 0.463. The van der Waals surface area contributed by atoms with Crippen molar-refractivity contribution in [3.63, 3.8) is 0 Å². The van der Waals surface area contributed by atoms with Gasteiger partial charge < -0.3 is 9.47 Å². The summed E-state index contributed by atoms with van der Waals surface area (Å²) in [5, 5.41) is 8.32. The topological polar surface area (TPSA) is 59.3 Å². The molecule has 4 nitrogen and oxygen atoms in total. The van der Waals surface area contributed by atoms with Gasteiger partial charge in [-0.1, -0.05) is 6.07 Å². The largest absolute Gasteiger partial charge is 0.496 e. The molecular weight excluding hydrogens is 218 g/mol. The number of nitrogens with zero attached hydrogens (tertiary/aromatic N) is 1. The van der Waals surface area contributed by atoms with Crippen LogP contribution in [0.5, 0.6) is 5.75 Å². The number of hydrogen-bond acceptors (Lipinski definition) is 4. The molecule has 0 radical (unpaired) electrons. The van der Waals surface area contributed by atoms with Gasteiger partial charge in [-0.25, -0.2) is 0 Å². The Kier molecular flexibility index (Phi) is 5.02. The maximum Gasteiger partial charge on any atom is 0.307 e. The van der Waals surface area contributed by atoms with Gasteiger partial charge in [-0.3, -0.25) is 4.79 Å². The molecule has 0 amide bonds. The van der Waals surface area contributed by atoms with Crippen LogP contribution in [0.1, 0.15) is 24.0 Å². The van der Waals surface area contributed by atoms with E-state index in [1.165, 1.54) is 0 Å². The minimum atomic E-state index is -0.347. The molecule has 0 aliphatic rings. The fraction of sp³-hybridized carbons (Fsp3) is 0.385. The highest BCUT2D eigenvalue weighted by molar-refractivity contribution is 5.69. The first-order valence-corrected chi connectivity index (χ1v) is 5.33. The minimum Gasteiger partial charge on any atom is -0.496 e.